The molecular formula is C33H32FN3O2S2. The molecule has 0 saturated carbocycles. The number of thioether (sulfide) groups is 1. The molecule has 4 aromatic carbocycles. The highest BCUT2D eigenvalue weighted by Gasteiger charge is 2.16. The van der Waals surface area contributed by atoms with Crippen molar-refractivity contribution < 1.29 is 13.9 Å². The number of hydrogen-bond acceptors (Lipinski definition) is 5. The van der Waals surface area contributed by atoms with E-state index in [2.05, 4.69) is 46.4 Å². The summed E-state index contributed by atoms with van der Waals surface area (Å²) in [6.45, 7) is 3.94. The highest BCUT2D eigenvalue weighted by Crippen LogP contribution is 2.31. The number of aryl methyl sites for hydroxylation is 1. The number of aromatic nitrogens is 1. The summed E-state index contributed by atoms with van der Waals surface area (Å²) in [7, 11) is 1.91. The zero-order chi connectivity index (χ0) is 28.6. The number of benzene rings is 4. The van der Waals surface area contributed by atoms with E-state index in [1.165, 1.54) is 28.5 Å². The van der Waals surface area contributed by atoms with E-state index in [-0.39, 0.29) is 11.7 Å². The molecule has 0 unspecified atom stereocenters. The van der Waals surface area contributed by atoms with Crippen molar-refractivity contribution in [3.63, 3.8) is 0 Å². The van der Waals surface area contributed by atoms with E-state index in [9.17, 15) is 9.18 Å². The van der Waals surface area contributed by atoms with E-state index < -0.39 is 5.82 Å². The number of carbonyl (C=O) groups is 1. The third-order valence-electron chi connectivity index (χ3n) is 6.60. The minimum atomic E-state index is -0.407. The minimum absolute atomic E-state index is 0.183. The van der Waals surface area contributed by atoms with Gasteiger partial charge in [-0.2, -0.15) is 0 Å². The molecule has 41 heavy (non-hydrogen) atoms. The van der Waals surface area contributed by atoms with Gasteiger partial charge < -0.3 is 14.6 Å². The summed E-state index contributed by atoms with van der Waals surface area (Å²) < 4.78 is 24.7. The molecule has 1 aromatic heterocycles. The second-order valence-corrected chi connectivity index (χ2v) is 11.5. The second kappa shape index (κ2) is 13.8. The van der Waals surface area contributed by atoms with Gasteiger partial charge in [0, 0.05) is 52.8 Å². The van der Waals surface area contributed by atoms with E-state index in [0.29, 0.717) is 12.2 Å². The summed E-state index contributed by atoms with van der Waals surface area (Å²) in [5, 5.41) is 4.29. The number of nitrogens with one attached hydrogen (secondary N) is 2. The number of halogens is 1. The molecule has 0 bridgehead atoms. The Kier molecular flexibility index (Phi) is 9.67. The van der Waals surface area contributed by atoms with E-state index >= 15 is 0 Å². The van der Waals surface area contributed by atoms with Crippen LogP contribution in [0.2, 0.25) is 0 Å². The molecule has 1 amide bonds. The zero-order valence-corrected chi connectivity index (χ0v) is 24.7. The summed E-state index contributed by atoms with van der Waals surface area (Å²) in [6.07, 6.45) is 1.83. The summed E-state index contributed by atoms with van der Waals surface area (Å²) in [4.78, 5) is 15.4. The van der Waals surface area contributed by atoms with Gasteiger partial charge in [-0.3, -0.25) is 9.52 Å². The third kappa shape index (κ3) is 7.33. The maximum Gasteiger partial charge on any atom is 0.263 e. The Morgan fingerprint density at radius 2 is 1.68 bits per heavy atom. The van der Waals surface area contributed by atoms with Crippen LogP contribution in [-0.2, 0) is 13.6 Å². The zero-order valence-electron chi connectivity index (χ0n) is 23.0. The van der Waals surface area contributed by atoms with Crippen LogP contribution < -0.4 is 14.8 Å². The lowest BCUT2D eigenvalue weighted by molar-refractivity contribution is 0.0986. The molecule has 0 spiro atoms. The van der Waals surface area contributed by atoms with Gasteiger partial charge in [0.2, 0.25) is 0 Å². The maximum absolute atomic E-state index is 14.5. The Morgan fingerprint density at radius 1 is 0.927 bits per heavy atom. The van der Waals surface area contributed by atoms with Crippen molar-refractivity contribution in [3.05, 3.63) is 114 Å². The van der Waals surface area contributed by atoms with Crippen LogP contribution in [0.15, 0.2) is 107 Å². The molecule has 5 rings (SSSR count). The first-order valence-electron chi connectivity index (χ1n) is 13.5. The SMILES string of the molecule is CCOc1ccc(-c2ccc3c(c2)c(C(=O)NSc2ccc(CNCCSc4ccccc4)cc2)cn3C)cc1F. The van der Waals surface area contributed by atoms with E-state index in [0.717, 1.165) is 45.8 Å². The van der Waals surface area contributed by atoms with Crippen LogP contribution in [0.4, 0.5) is 4.39 Å². The van der Waals surface area contributed by atoms with Crippen LogP contribution in [0.5, 0.6) is 5.75 Å². The van der Waals surface area contributed by atoms with Gasteiger partial charge in [-0.1, -0.05) is 42.5 Å². The predicted molar refractivity (Wildman–Crippen MR) is 168 cm³/mol. The van der Waals surface area contributed by atoms with Gasteiger partial charge >= 0.3 is 0 Å². The molecule has 0 aliphatic rings. The second-order valence-electron chi connectivity index (χ2n) is 9.48. The number of nitrogens with zero attached hydrogens (tertiary/aromatic N) is 1. The molecule has 0 atom stereocenters. The highest BCUT2D eigenvalue weighted by molar-refractivity contribution is 7.99. The molecule has 0 saturated heterocycles. The Morgan fingerprint density at radius 3 is 2.44 bits per heavy atom. The fraction of sp³-hybridized carbons (Fsp3) is 0.182. The standard InChI is InChI=1S/C33H32FN3O2S2/c1-3-39-32-16-12-25(20-30(32)34)24-11-15-31-28(19-24)29(22-37(31)2)33(38)36-41-27-13-9-23(10-14-27)21-35-17-18-40-26-7-5-4-6-8-26/h4-16,19-20,22,35H,3,17-18,21H2,1-2H3,(H,36,38). The number of fused-ring (bicyclic) bond motifs is 1. The molecule has 0 aliphatic heterocycles. The van der Waals surface area contributed by atoms with Crippen molar-refractivity contribution in [1.82, 2.24) is 14.6 Å². The summed E-state index contributed by atoms with van der Waals surface area (Å²) in [6, 6.07) is 29.4. The molecule has 5 nitrogen and oxygen atoms in total. The van der Waals surface area contributed by atoms with Gasteiger partial charge in [-0.05, 0) is 84.1 Å². The number of ether oxygens (including phenoxy) is 1. The quantitative estimate of drug-likeness (QED) is 0.0893. The molecule has 0 radical (unpaired) electrons. The third-order valence-corrected chi connectivity index (χ3v) is 8.41. The van der Waals surface area contributed by atoms with Gasteiger partial charge in [0.1, 0.15) is 0 Å². The van der Waals surface area contributed by atoms with Crippen LogP contribution >= 0.6 is 23.7 Å². The van der Waals surface area contributed by atoms with Crippen LogP contribution in [0.1, 0.15) is 22.8 Å². The Bertz CT molecular complexity index is 1620. The fourth-order valence-corrected chi connectivity index (χ4v) is 5.96. The number of carbonyl (C=O) groups excluding carboxylic acids is 1. The first kappa shape index (κ1) is 28.8. The smallest absolute Gasteiger partial charge is 0.263 e. The first-order chi connectivity index (χ1) is 20.0. The van der Waals surface area contributed by atoms with E-state index in [1.54, 1.807) is 6.07 Å². The monoisotopic (exact) mass is 585 g/mol. The number of amides is 1. The molecule has 0 fully saturated rings. The average molecular weight is 586 g/mol. The fourth-order valence-electron chi connectivity index (χ4n) is 4.53. The van der Waals surface area contributed by atoms with E-state index in [4.69, 9.17) is 4.74 Å². The van der Waals surface area contributed by atoms with E-state index in [1.807, 2.05) is 79.0 Å². The lowest BCUT2D eigenvalue weighted by Gasteiger charge is -2.08. The predicted octanol–water partition coefficient (Wildman–Crippen LogP) is 7.70. The van der Waals surface area contributed by atoms with Crippen molar-refractivity contribution in [1.29, 1.82) is 0 Å². The molecule has 2 N–H and O–H groups in total. The number of rotatable bonds is 12. The Balaban J connectivity index is 1.18. The first-order valence-corrected chi connectivity index (χ1v) is 15.3. The largest absolute Gasteiger partial charge is 0.491 e. The van der Waals surface area contributed by atoms with Gasteiger partial charge in [-0.15, -0.1) is 11.8 Å². The van der Waals surface area contributed by atoms with Crippen LogP contribution in [0.3, 0.4) is 0 Å². The van der Waals surface area contributed by atoms with Crippen LogP contribution in [-0.4, -0.2) is 29.4 Å². The summed E-state index contributed by atoms with van der Waals surface area (Å²) in [5.41, 5.74) is 4.24. The van der Waals surface area contributed by atoms with Crippen molar-refractivity contribution in [2.45, 2.75) is 23.3 Å². The minimum Gasteiger partial charge on any atom is -0.491 e. The molecule has 0 aliphatic carbocycles. The van der Waals surface area contributed by atoms with Crippen LogP contribution in [0, 0.1) is 5.82 Å². The normalized spacial score (nSPS) is 11.1. The lowest BCUT2D eigenvalue weighted by Crippen LogP contribution is -2.16. The summed E-state index contributed by atoms with van der Waals surface area (Å²) >= 11 is 3.13. The van der Waals surface area contributed by atoms with Crippen molar-refractivity contribution in [2.24, 2.45) is 7.05 Å². The van der Waals surface area contributed by atoms with Gasteiger partial charge in [-0.25, -0.2) is 4.39 Å². The van der Waals surface area contributed by atoms with Crippen molar-refractivity contribution in [2.75, 3.05) is 18.9 Å². The number of hydrogen-bond donors (Lipinski definition) is 2. The van der Waals surface area contributed by atoms with Gasteiger partial charge in [0.15, 0.2) is 11.6 Å². The molecule has 210 valence electrons. The molecule has 8 heteroatoms. The van der Waals surface area contributed by atoms with Gasteiger partial charge in [0.25, 0.3) is 5.91 Å². The van der Waals surface area contributed by atoms with Crippen molar-refractivity contribution in [3.8, 4) is 16.9 Å². The molecular weight excluding hydrogens is 554 g/mol. The molecule has 1 heterocycles. The average Bonchev–Trinajstić information content (AvgIpc) is 3.33. The Hall–Kier alpha value is -3.72. The van der Waals surface area contributed by atoms with Crippen molar-refractivity contribution >= 4 is 40.5 Å². The maximum atomic E-state index is 14.5. The van der Waals surface area contributed by atoms with Gasteiger partial charge in [0.05, 0.1) is 12.2 Å². The lowest BCUT2D eigenvalue weighted by atomic mass is 10.0. The highest BCUT2D eigenvalue weighted by atomic mass is 32.2. The van der Waals surface area contributed by atoms with Crippen LogP contribution in [0.25, 0.3) is 22.0 Å². The topological polar surface area (TPSA) is 55.3 Å². The molecule has 5 aromatic rings. The summed E-state index contributed by atoms with van der Waals surface area (Å²) in [5.74, 6) is 0.654. The Labute approximate surface area is 248 Å².